The normalized spacial score (nSPS) is 10.0. The van der Waals surface area contributed by atoms with Crippen LogP contribution in [0.4, 0.5) is 0 Å². The fourth-order valence-electron chi connectivity index (χ4n) is 0.902. The van der Waals surface area contributed by atoms with Crippen LogP contribution in [-0.2, 0) is 9.63 Å². The number of carbonyl (C=O) groups is 1. The van der Waals surface area contributed by atoms with Crippen molar-refractivity contribution in [1.29, 1.82) is 0 Å². The Labute approximate surface area is 107 Å². The van der Waals surface area contributed by atoms with E-state index < -0.39 is 5.91 Å². The van der Waals surface area contributed by atoms with Crippen molar-refractivity contribution in [3.63, 3.8) is 0 Å². The number of halogens is 3. The number of hydrogen-bond donors (Lipinski definition) is 1. The molecule has 1 amide bonds. The van der Waals surface area contributed by atoms with E-state index in [1.165, 1.54) is 19.2 Å². The highest BCUT2D eigenvalue weighted by atomic mass is 35.5. The van der Waals surface area contributed by atoms with Crippen molar-refractivity contribution in [2.24, 2.45) is 0 Å². The number of nitrogens with one attached hydrogen (secondary N) is 1. The molecule has 0 heterocycles. The summed E-state index contributed by atoms with van der Waals surface area (Å²) in [6, 6.07) is 2.88. The highest BCUT2D eigenvalue weighted by Gasteiger charge is 2.09. The molecule has 1 aromatic rings. The number of hydroxylamine groups is 1. The Kier molecular flexibility index (Phi) is 5.15. The molecular formula is C9H8Cl3NO3. The lowest BCUT2D eigenvalue weighted by atomic mass is 10.3. The molecule has 0 atom stereocenters. The van der Waals surface area contributed by atoms with Gasteiger partial charge < -0.3 is 4.74 Å². The molecule has 0 unspecified atom stereocenters. The van der Waals surface area contributed by atoms with E-state index in [1.54, 1.807) is 0 Å². The summed E-state index contributed by atoms with van der Waals surface area (Å²) < 4.78 is 5.12. The monoisotopic (exact) mass is 283 g/mol. The molecule has 0 aromatic heterocycles. The maximum Gasteiger partial charge on any atom is 0.281 e. The Morgan fingerprint density at radius 2 is 1.88 bits per heavy atom. The number of carbonyl (C=O) groups excluding carboxylic acids is 1. The Bertz CT molecular complexity index is 398. The van der Waals surface area contributed by atoms with E-state index in [4.69, 9.17) is 39.5 Å². The van der Waals surface area contributed by atoms with Crippen molar-refractivity contribution >= 4 is 40.7 Å². The Balaban J connectivity index is 2.67. The van der Waals surface area contributed by atoms with Crippen molar-refractivity contribution in [2.45, 2.75) is 0 Å². The third kappa shape index (κ3) is 3.72. The molecule has 0 bridgehead atoms. The number of ether oxygens (including phenoxy) is 1. The summed E-state index contributed by atoms with van der Waals surface area (Å²) in [7, 11) is 1.32. The number of hydrogen-bond acceptors (Lipinski definition) is 3. The third-order valence-corrected chi connectivity index (χ3v) is 2.57. The first-order valence-electron chi connectivity index (χ1n) is 4.13. The molecule has 1 aromatic carbocycles. The van der Waals surface area contributed by atoms with Crippen molar-refractivity contribution in [2.75, 3.05) is 13.7 Å². The predicted octanol–water partition coefficient (Wildman–Crippen LogP) is 2.70. The first-order chi connectivity index (χ1) is 7.54. The molecule has 0 spiro atoms. The summed E-state index contributed by atoms with van der Waals surface area (Å²) in [5.74, 6) is -0.160. The van der Waals surface area contributed by atoms with Crippen LogP contribution in [0.2, 0.25) is 15.1 Å². The number of amides is 1. The maximum absolute atomic E-state index is 11.0. The fourth-order valence-corrected chi connectivity index (χ4v) is 1.49. The van der Waals surface area contributed by atoms with Crippen LogP contribution >= 0.6 is 34.8 Å². The van der Waals surface area contributed by atoms with Gasteiger partial charge in [-0.05, 0) is 6.07 Å². The lowest BCUT2D eigenvalue weighted by Gasteiger charge is -2.08. The summed E-state index contributed by atoms with van der Waals surface area (Å²) in [5.41, 5.74) is 2.10. The van der Waals surface area contributed by atoms with E-state index in [1.807, 2.05) is 0 Å². The topological polar surface area (TPSA) is 47.6 Å². The first-order valence-corrected chi connectivity index (χ1v) is 5.27. The molecule has 16 heavy (non-hydrogen) atoms. The van der Waals surface area contributed by atoms with Gasteiger partial charge in [0.25, 0.3) is 5.91 Å². The van der Waals surface area contributed by atoms with Crippen LogP contribution in [0.5, 0.6) is 5.75 Å². The van der Waals surface area contributed by atoms with Gasteiger partial charge in [-0.1, -0.05) is 34.8 Å². The van der Waals surface area contributed by atoms with Gasteiger partial charge in [0.05, 0.1) is 22.2 Å². The van der Waals surface area contributed by atoms with Crippen molar-refractivity contribution in [3.05, 3.63) is 27.2 Å². The van der Waals surface area contributed by atoms with Gasteiger partial charge in [0, 0.05) is 6.07 Å². The van der Waals surface area contributed by atoms with Gasteiger partial charge >= 0.3 is 0 Å². The quantitative estimate of drug-likeness (QED) is 0.683. The average Bonchev–Trinajstić information content (AvgIpc) is 2.22. The zero-order valence-corrected chi connectivity index (χ0v) is 10.5. The van der Waals surface area contributed by atoms with Gasteiger partial charge in [-0.2, -0.15) is 0 Å². The Hall–Kier alpha value is -0.680. The second kappa shape index (κ2) is 6.15. The van der Waals surface area contributed by atoms with Crippen LogP contribution in [0.25, 0.3) is 0 Å². The minimum atomic E-state index is -0.440. The standard InChI is InChI=1S/C9H8Cl3NO3/c1-15-13-9(14)4-16-8-3-6(11)5(10)2-7(8)12/h2-3H,4H2,1H3,(H,13,14). The van der Waals surface area contributed by atoms with Crippen LogP contribution in [0.3, 0.4) is 0 Å². The molecule has 0 saturated carbocycles. The van der Waals surface area contributed by atoms with E-state index in [0.717, 1.165) is 0 Å². The summed E-state index contributed by atoms with van der Waals surface area (Å²) in [4.78, 5) is 15.4. The number of rotatable bonds is 4. The van der Waals surface area contributed by atoms with Crippen LogP contribution in [0.15, 0.2) is 12.1 Å². The Morgan fingerprint density at radius 1 is 1.25 bits per heavy atom. The molecule has 0 aliphatic rings. The van der Waals surface area contributed by atoms with Gasteiger partial charge in [0.15, 0.2) is 6.61 Å². The molecule has 0 saturated heterocycles. The van der Waals surface area contributed by atoms with Crippen LogP contribution in [0.1, 0.15) is 0 Å². The minimum absolute atomic E-state index is 0.231. The maximum atomic E-state index is 11.0. The lowest BCUT2D eigenvalue weighted by Crippen LogP contribution is -2.27. The Morgan fingerprint density at radius 3 is 2.50 bits per heavy atom. The molecule has 1 N–H and O–H groups in total. The number of benzene rings is 1. The fraction of sp³-hybridized carbons (Fsp3) is 0.222. The molecule has 4 nitrogen and oxygen atoms in total. The summed E-state index contributed by atoms with van der Waals surface area (Å²) in [6.45, 7) is -0.231. The van der Waals surface area contributed by atoms with Crippen LogP contribution in [-0.4, -0.2) is 19.6 Å². The molecule has 0 aliphatic heterocycles. The van der Waals surface area contributed by atoms with E-state index in [2.05, 4.69) is 10.3 Å². The predicted molar refractivity (Wildman–Crippen MR) is 62.1 cm³/mol. The van der Waals surface area contributed by atoms with Gasteiger partial charge in [0.1, 0.15) is 5.75 Å². The highest BCUT2D eigenvalue weighted by molar-refractivity contribution is 6.43. The van der Waals surface area contributed by atoms with Crippen LogP contribution in [0, 0.1) is 0 Å². The minimum Gasteiger partial charge on any atom is -0.482 e. The van der Waals surface area contributed by atoms with Gasteiger partial charge in [-0.25, -0.2) is 5.48 Å². The molecule has 7 heteroatoms. The van der Waals surface area contributed by atoms with Crippen molar-refractivity contribution in [1.82, 2.24) is 5.48 Å². The first kappa shape index (κ1) is 13.4. The molecule has 0 fully saturated rings. The van der Waals surface area contributed by atoms with Crippen molar-refractivity contribution in [3.8, 4) is 5.75 Å². The van der Waals surface area contributed by atoms with E-state index >= 15 is 0 Å². The summed E-state index contributed by atoms with van der Waals surface area (Å²) in [5, 5.41) is 0.896. The van der Waals surface area contributed by atoms with Crippen molar-refractivity contribution < 1.29 is 14.4 Å². The molecule has 1 rings (SSSR count). The average molecular weight is 285 g/mol. The molecule has 0 aliphatic carbocycles. The largest absolute Gasteiger partial charge is 0.482 e. The van der Waals surface area contributed by atoms with Gasteiger partial charge in [-0.15, -0.1) is 0 Å². The molecular weight excluding hydrogens is 276 g/mol. The molecule has 0 radical (unpaired) electrons. The zero-order valence-electron chi connectivity index (χ0n) is 8.22. The highest BCUT2D eigenvalue weighted by Crippen LogP contribution is 2.33. The zero-order chi connectivity index (χ0) is 12.1. The third-order valence-electron chi connectivity index (χ3n) is 1.55. The summed E-state index contributed by atoms with van der Waals surface area (Å²) in [6.07, 6.45) is 0. The van der Waals surface area contributed by atoms with Gasteiger partial charge in [-0.3, -0.25) is 9.63 Å². The summed E-state index contributed by atoms with van der Waals surface area (Å²) >= 11 is 17.3. The van der Waals surface area contributed by atoms with Gasteiger partial charge in [0.2, 0.25) is 0 Å². The van der Waals surface area contributed by atoms with E-state index in [0.29, 0.717) is 10.0 Å². The second-order valence-corrected chi connectivity index (χ2v) is 3.94. The lowest BCUT2D eigenvalue weighted by molar-refractivity contribution is -0.133. The van der Waals surface area contributed by atoms with Crippen LogP contribution < -0.4 is 10.2 Å². The SMILES string of the molecule is CONC(=O)COc1cc(Cl)c(Cl)cc1Cl. The molecule has 88 valence electrons. The van der Waals surface area contributed by atoms with E-state index in [-0.39, 0.29) is 17.4 Å². The van der Waals surface area contributed by atoms with E-state index in [9.17, 15) is 4.79 Å². The smallest absolute Gasteiger partial charge is 0.281 e. The second-order valence-electron chi connectivity index (χ2n) is 2.71.